The van der Waals surface area contributed by atoms with Crippen molar-refractivity contribution in [1.82, 2.24) is 10.2 Å². The van der Waals surface area contributed by atoms with Crippen molar-refractivity contribution >= 4 is 37.6 Å². The molecule has 3 aromatic carbocycles. The van der Waals surface area contributed by atoms with Gasteiger partial charge < -0.3 is 34.0 Å². The van der Waals surface area contributed by atoms with Gasteiger partial charge in [0.15, 0.2) is 0 Å². The minimum Gasteiger partial charge on any atom is -0.343 e. The van der Waals surface area contributed by atoms with Crippen molar-refractivity contribution in [2.75, 3.05) is 33.0 Å². The third-order valence-electron chi connectivity index (χ3n) is 8.15. The summed E-state index contributed by atoms with van der Waals surface area (Å²) in [5.41, 5.74) is 10.2. The first-order valence-corrected chi connectivity index (χ1v) is 20.1. The lowest BCUT2D eigenvalue weighted by atomic mass is 10.0. The van der Waals surface area contributed by atoms with E-state index in [-0.39, 0.29) is 49.4 Å². The summed E-state index contributed by atoms with van der Waals surface area (Å²) in [6.45, 7) is 8.09. The molecule has 1 aliphatic rings. The van der Waals surface area contributed by atoms with E-state index in [0.29, 0.717) is 25.1 Å². The molecule has 0 radical (unpaired) electrons. The molecule has 2 amide bonds. The Morgan fingerprint density at radius 1 is 0.796 bits per heavy atom. The highest BCUT2D eigenvalue weighted by Crippen LogP contribution is 2.53. The molecule has 13 heteroatoms. The van der Waals surface area contributed by atoms with E-state index in [1.165, 1.54) is 12.1 Å². The molecular formula is C36H49N3O8P2. The first-order chi connectivity index (χ1) is 23.6. The maximum absolute atomic E-state index is 14.0. The summed E-state index contributed by atoms with van der Waals surface area (Å²) in [7, 11) is -7.86. The van der Waals surface area contributed by atoms with Crippen LogP contribution < -0.4 is 21.7 Å². The Balaban J connectivity index is 1.49. The molecule has 3 N–H and O–H groups in total. The van der Waals surface area contributed by atoms with Crippen molar-refractivity contribution in [3.05, 3.63) is 83.9 Å². The number of amides is 2. The van der Waals surface area contributed by atoms with E-state index in [9.17, 15) is 18.7 Å². The molecule has 0 aromatic heterocycles. The number of likely N-dealkylation sites (tertiary alicyclic amines) is 1. The molecule has 11 nitrogen and oxygen atoms in total. The highest BCUT2D eigenvalue weighted by molar-refractivity contribution is 7.68. The molecule has 4 rings (SSSR count). The predicted octanol–water partition coefficient (Wildman–Crippen LogP) is 5.70. The lowest BCUT2D eigenvalue weighted by Crippen LogP contribution is -2.52. The smallest absolute Gasteiger partial charge is 0.343 e. The molecule has 0 saturated carbocycles. The van der Waals surface area contributed by atoms with Crippen molar-refractivity contribution in [3.8, 4) is 11.1 Å². The van der Waals surface area contributed by atoms with Gasteiger partial charge in [-0.15, -0.1) is 0 Å². The number of carbonyl (C=O) groups excluding carboxylic acids is 2. The first kappa shape index (κ1) is 38.7. The van der Waals surface area contributed by atoms with E-state index < -0.39 is 33.2 Å². The molecule has 266 valence electrons. The number of hydrogen-bond acceptors (Lipinski definition) is 9. The van der Waals surface area contributed by atoms with Gasteiger partial charge in [-0.3, -0.25) is 18.7 Å². The molecule has 0 spiro atoms. The second-order valence-electron chi connectivity index (χ2n) is 11.7. The zero-order valence-corrected chi connectivity index (χ0v) is 30.6. The lowest BCUT2D eigenvalue weighted by Gasteiger charge is -2.26. The fourth-order valence-corrected chi connectivity index (χ4v) is 9.94. The van der Waals surface area contributed by atoms with Gasteiger partial charge in [-0.2, -0.15) is 0 Å². The van der Waals surface area contributed by atoms with Gasteiger partial charge in [0.2, 0.25) is 11.8 Å². The quantitative estimate of drug-likeness (QED) is 0.168. The van der Waals surface area contributed by atoms with E-state index in [4.69, 9.17) is 23.8 Å². The molecule has 1 heterocycles. The maximum Gasteiger partial charge on any atom is 0.362 e. The number of rotatable bonds is 17. The van der Waals surface area contributed by atoms with Crippen molar-refractivity contribution in [2.24, 2.45) is 5.73 Å². The van der Waals surface area contributed by atoms with Crippen molar-refractivity contribution in [3.63, 3.8) is 0 Å². The number of nitrogens with zero attached hydrogens (tertiary/aromatic N) is 1. The Morgan fingerprint density at radius 2 is 1.35 bits per heavy atom. The Hall–Kier alpha value is -3.14. The summed E-state index contributed by atoms with van der Waals surface area (Å²) in [6.07, 6.45) is 2.16. The minimum atomic E-state index is -3.97. The third-order valence-corrected chi connectivity index (χ3v) is 12.7. The van der Waals surface area contributed by atoms with Crippen LogP contribution in [0.1, 0.15) is 58.1 Å². The topological polar surface area (TPSA) is 146 Å². The van der Waals surface area contributed by atoms with Gasteiger partial charge in [0, 0.05) is 13.1 Å². The van der Waals surface area contributed by atoms with Gasteiger partial charge in [0.25, 0.3) is 0 Å². The summed E-state index contributed by atoms with van der Waals surface area (Å²) >= 11 is 0. The summed E-state index contributed by atoms with van der Waals surface area (Å²) in [4.78, 5) is 28.8. The van der Waals surface area contributed by atoms with E-state index in [2.05, 4.69) is 29.6 Å². The Bertz CT molecular complexity index is 1620. The molecular weight excluding hydrogens is 664 g/mol. The van der Waals surface area contributed by atoms with Crippen LogP contribution in [0.5, 0.6) is 0 Å². The molecule has 0 bridgehead atoms. The second-order valence-corrected chi connectivity index (χ2v) is 15.7. The van der Waals surface area contributed by atoms with Crippen molar-refractivity contribution < 1.29 is 36.8 Å². The SMILES string of the molecule is CCOP(=O)(OCC)c1ccc(C[C@H](N)C(=O)N[C@H]2CCCCN(Cc3ccc(-c4ccccc4)cc3)C2=O)cc1P(=O)(OCC)OCC. The van der Waals surface area contributed by atoms with Crippen LogP contribution in [0.25, 0.3) is 11.1 Å². The van der Waals surface area contributed by atoms with Crippen LogP contribution in [0, 0.1) is 0 Å². The molecule has 49 heavy (non-hydrogen) atoms. The van der Waals surface area contributed by atoms with Crippen LogP contribution in [0.3, 0.4) is 0 Å². The van der Waals surface area contributed by atoms with Crippen LogP contribution in [0.4, 0.5) is 0 Å². The number of nitrogens with two attached hydrogens (primary N) is 1. The van der Waals surface area contributed by atoms with Gasteiger partial charge in [0.1, 0.15) is 6.04 Å². The second kappa shape index (κ2) is 18.2. The van der Waals surface area contributed by atoms with Gasteiger partial charge in [-0.1, -0.05) is 60.7 Å². The number of hydrogen-bond donors (Lipinski definition) is 2. The Morgan fingerprint density at radius 3 is 1.94 bits per heavy atom. The lowest BCUT2D eigenvalue weighted by molar-refractivity contribution is -0.136. The molecule has 1 fully saturated rings. The maximum atomic E-state index is 14.0. The summed E-state index contributed by atoms with van der Waals surface area (Å²) in [5.74, 6) is -0.626. The van der Waals surface area contributed by atoms with E-state index in [1.54, 1.807) is 38.7 Å². The first-order valence-electron chi connectivity index (χ1n) is 17.0. The monoisotopic (exact) mass is 713 g/mol. The summed E-state index contributed by atoms with van der Waals surface area (Å²) < 4.78 is 50.2. The molecule has 1 saturated heterocycles. The zero-order chi connectivity index (χ0) is 35.4. The minimum absolute atomic E-state index is 0.0398. The number of nitrogens with one attached hydrogen (secondary N) is 1. The third kappa shape index (κ3) is 9.98. The van der Waals surface area contributed by atoms with E-state index in [1.807, 2.05) is 30.3 Å². The van der Waals surface area contributed by atoms with Crippen molar-refractivity contribution in [1.29, 1.82) is 0 Å². The van der Waals surface area contributed by atoms with Crippen LogP contribution in [-0.2, 0) is 49.8 Å². The fraction of sp³-hybridized carbons (Fsp3) is 0.444. The molecule has 0 aliphatic carbocycles. The largest absolute Gasteiger partial charge is 0.362 e. The molecule has 0 unspecified atom stereocenters. The van der Waals surface area contributed by atoms with E-state index >= 15 is 0 Å². The highest BCUT2D eigenvalue weighted by Gasteiger charge is 2.39. The number of benzene rings is 3. The van der Waals surface area contributed by atoms with Crippen molar-refractivity contribution in [2.45, 2.75) is 72.0 Å². The van der Waals surface area contributed by atoms with Crippen LogP contribution in [-0.4, -0.2) is 61.8 Å². The molecule has 3 aromatic rings. The Labute approximate surface area is 289 Å². The normalized spacial score (nSPS) is 16.3. The average molecular weight is 714 g/mol. The Kier molecular flexibility index (Phi) is 14.4. The van der Waals surface area contributed by atoms with Crippen LogP contribution >= 0.6 is 15.2 Å². The highest BCUT2D eigenvalue weighted by atomic mass is 31.2. The van der Waals surface area contributed by atoms with E-state index in [0.717, 1.165) is 29.5 Å². The standard InChI is InChI=1S/C36H49N3O8P2/c1-5-44-48(42,45-6-2)33-22-19-28(25-34(33)49(43,46-7-3)47-8-4)24-31(37)35(40)38-32-16-12-13-23-39(36(32)41)26-27-17-20-30(21-18-27)29-14-10-9-11-15-29/h9-11,14-15,17-22,25,31-32H,5-8,12-13,16,23-24,26,37H2,1-4H3,(H,38,40)/t31-,32-/m0/s1. The number of carbonyl (C=O) groups is 2. The van der Waals surface area contributed by atoms with Gasteiger partial charge in [0.05, 0.1) is 43.1 Å². The summed E-state index contributed by atoms with van der Waals surface area (Å²) in [6, 6.07) is 21.2. The average Bonchev–Trinajstić information content (AvgIpc) is 3.26. The van der Waals surface area contributed by atoms with Gasteiger partial charge in [-0.05, 0) is 87.8 Å². The summed E-state index contributed by atoms with van der Waals surface area (Å²) in [5, 5.41) is 3.00. The fourth-order valence-electron chi connectivity index (χ4n) is 5.85. The van der Waals surface area contributed by atoms with Gasteiger partial charge in [-0.25, -0.2) is 0 Å². The van der Waals surface area contributed by atoms with Crippen LogP contribution in [0.2, 0.25) is 0 Å². The van der Waals surface area contributed by atoms with Gasteiger partial charge >= 0.3 is 15.2 Å². The zero-order valence-electron chi connectivity index (χ0n) is 28.8. The molecule has 1 aliphatic heterocycles. The molecule has 2 atom stereocenters. The van der Waals surface area contributed by atoms with Crippen LogP contribution in [0.15, 0.2) is 72.8 Å². The predicted molar refractivity (Wildman–Crippen MR) is 192 cm³/mol.